The molecule has 0 spiro atoms. The number of aliphatic hydroxyl groups excluding tert-OH is 1. The topological polar surface area (TPSA) is 76.0 Å². The van der Waals surface area contributed by atoms with Crippen LogP contribution in [0, 0.1) is 0 Å². The van der Waals surface area contributed by atoms with E-state index in [4.69, 9.17) is 10.4 Å². The maximum Gasteiger partial charge on any atom is 0.302 e. The molecule has 0 rings (SSSR count). The number of rotatable bonds is 4. The molecule has 0 bridgehead atoms. The van der Waals surface area contributed by atoms with Crippen LogP contribution in [0.25, 0.3) is 0 Å². The smallest absolute Gasteiger partial charge is 0.302 e. The molecule has 0 aromatic rings. The summed E-state index contributed by atoms with van der Waals surface area (Å²) < 4.78 is 4.38. The molecule has 5 nitrogen and oxygen atoms in total. The number of hydrogen-bond donors (Lipinski definition) is 2. The third-order valence-electron chi connectivity index (χ3n) is 0.746. The van der Waals surface area contributed by atoms with Crippen LogP contribution in [0.2, 0.25) is 0 Å². The summed E-state index contributed by atoms with van der Waals surface area (Å²) in [4.78, 5) is 13.7. The fourth-order valence-electron chi connectivity index (χ4n) is 0.348. The Bertz CT molecular complexity index is 102. The second-order valence-electron chi connectivity index (χ2n) is 1.75. The zero-order chi connectivity index (χ0) is 7.98. The van der Waals surface area contributed by atoms with Crippen molar-refractivity contribution in [3.63, 3.8) is 0 Å². The van der Waals surface area contributed by atoms with Crippen LogP contribution in [0.3, 0.4) is 0 Å². The van der Waals surface area contributed by atoms with Crippen LogP contribution in [0.15, 0.2) is 0 Å². The van der Waals surface area contributed by atoms with Gasteiger partial charge >= 0.3 is 5.97 Å². The molecule has 0 radical (unpaired) electrons. The van der Waals surface area contributed by atoms with Gasteiger partial charge in [-0.2, -0.15) is 0 Å². The second kappa shape index (κ2) is 5.16. The molecule has 0 saturated carbocycles. The first-order chi connectivity index (χ1) is 4.66. The Morgan fingerprint density at radius 3 is 2.60 bits per heavy atom. The van der Waals surface area contributed by atoms with E-state index in [0.717, 1.165) is 0 Å². The standard InChI is InChI=1S/C5H10O5/c1-4(6)9-2-5(7)3-10-8/h5,7-8H,2-3H2,1H3. The van der Waals surface area contributed by atoms with E-state index in [0.29, 0.717) is 0 Å². The molecule has 0 aromatic heterocycles. The molecule has 0 aliphatic rings. The van der Waals surface area contributed by atoms with Crippen molar-refractivity contribution in [1.82, 2.24) is 0 Å². The first-order valence-corrected chi connectivity index (χ1v) is 2.74. The monoisotopic (exact) mass is 150 g/mol. The van der Waals surface area contributed by atoms with Gasteiger partial charge in [-0.15, -0.1) is 0 Å². The molecule has 0 aliphatic heterocycles. The average Bonchev–Trinajstić information content (AvgIpc) is 1.85. The van der Waals surface area contributed by atoms with E-state index >= 15 is 0 Å². The Balaban J connectivity index is 3.21. The van der Waals surface area contributed by atoms with Crippen LogP contribution < -0.4 is 0 Å². The number of hydrogen-bond acceptors (Lipinski definition) is 5. The Hall–Kier alpha value is -0.650. The second-order valence-corrected chi connectivity index (χ2v) is 1.75. The van der Waals surface area contributed by atoms with E-state index in [9.17, 15) is 4.79 Å². The van der Waals surface area contributed by atoms with E-state index in [1.54, 1.807) is 0 Å². The van der Waals surface area contributed by atoms with Crippen molar-refractivity contribution >= 4 is 5.97 Å². The van der Waals surface area contributed by atoms with Gasteiger partial charge in [-0.05, 0) is 0 Å². The van der Waals surface area contributed by atoms with Crippen molar-refractivity contribution in [2.24, 2.45) is 0 Å². The van der Waals surface area contributed by atoms with Gasteiger partial charge in [0, 0.05) is 6.92 Å². The summed E-state index contributed by atoms with van der Waals surface area (Å²) in [5, 5.41) is 16.5. The van der Waals surface area contributed by atoms with Gasteiger partial charge in [0.15, 0.2) is 0 Å². The Morgan fingerprint density at radius 1 is 1.60 bits per heavy atom. The molecule has 60 valence electrons. The summed E-state index contributed by atoms with van der Waals surface area (Å²) >= 11 is 0. The summed E-state index contributed by atoms with van der Waals surface area (Å²) in [7, 11) is 0. The molecule has 0 saturated heterocycles. The lowest BCUT2D eigenvalue weighted by molar-refractivity contribution is -0.259. The van der Waals surface area contributed by atoms with Crippen LogP contribution in [-0.4, -0.2) is 35.7 Å². The zero-order valence-corrected chi connectivity index (χ0v) is 5.61. The third-order valence-corrected chi connectivity index (χ3v) is 0.746. The largest absolute Gasteiger partial charge is 0.463 e. The van der Waals surface area contributed by atoms with E-state index in [1.807, 2.05) is 0 Å². The van der Waals surface area contributed by atoms with E-state index in [1.165, 1.54) is 6.92 Å². The molecule has 0 amide bonds. The molecule has 5 heteroatoms. The van der Waals surface area contributed by atoms with E-state index in [-0.39, 0.29) is 13.2 Å². The van der Waals surface area contributed by atoms with E-state index in [2.05, 4.69) is 9.62 Å². The number of ether oxygens (including phenoxy) is 1. The highest BCUT2D eigenvalue weighted by Gasteiger charge is 2.04. The minimum atomic E-state index is -0.964. The number of carbonyl (C=O) groups is 1. The molecular weight excluding hydrogens is 140 g/mol. The summed E-state index contributed by atoms with van der Waals surface area (Å²) in [6.07, 6.45) is -0.964. The van der Waals surface area contributed by atoms with Gasteiger partial charge < -0.3 is 9.84 Å². The minimum absolute atomic E-state index is 0.157. The Kier molecular flexibility index (Phi) is 4.82. The minimum Gasteiger partial charge on any atom is -0.463 e. The zero-order valence-electron chi connectivity index (χ0n) is 5.61. The van der Waals surface area contributed by atoms with Gasteiger partial charge in [0.25, 0.3) is 0 Å². The van der Waals surface area contributed by atoms with Crippen LogP contribution in [0.1, 0.15) is 6.92 Å². The van der Waals surface area contributed by atoms with Crippen molar-refractivity contribution in [3.05, 3.63) is 0 Å². The van der Waals surface area contributed by atoms with Crippen LogP contribution >= 0.6 is 0 Å². The highest BCUT2D eigenvalue weighted by Crippen LogP contribution is 1.85. The fraction of sp³-hybridized carbons (Fsp3) is 0.800. The van der Waals surface area contributed by atoms with Gasteiger partial charge in [0.2, 0.25) is 0 Å². The predicted molar refractivity (Wildman–Crippen MR) is 31.2 cm³/mol. The molecule has 0 heterocycles. The van der Waals surface area contributed by atoms with Crippen molar-refractivity contribution < 1.29 is 24.8 Å². The van der Waals surface area contributed by atoms with Gasteiger partial charge in [-0.1, -0.05) is 0 Å². The Morgan fingerprint density at radius 2 is 2.20 bits per heavy atom. The van der Waals surface area contributed by atoms with Crippen LogP contribution in [0.5, 0.6) is 0 Å². The van der Waals surface area contributed by atoms with Gasteiger partial charge in [-0.25, -0.2) is 4.89 Å². The highest BCUT2D eigenvalue weighted by atomic mass is 17.1. The van der Waals surface area contributed by atoms with Crippen LogP contribution in [-0.2, 0) is 14.4 Å². The molecule has 2 N–H and O–H groups in total. The highest BCUT2D eigenvalue weighted by molar-refractivity contribution is 5.65. The lowest BCUT2D eigenvalue weighted by atomic mass is 10.4. The fourth-order valence-corrected chi connectivity index (χ4v) is 0.348. The van der Waals surface area contributed by atoms with Crippen molar-refractivity contribution in [2.45, 2.75) is 13.0 Å². The summed E-state index contributed by atoms with van der Waals surface area (Å²) in [6, 6.07) is 0. The molecular formula is C5H10O5. The van der Waals surface area contributed by atoms with E-state index < -0.39 is 12.1 Å². The van der Waals surface area contributed by atoms with Crippen LogP contribution in [0.4, 0.5) is 0 Å². The molecule has 0 aromatic carbocycles. The average molecular weight is 150 g/mol. The molecule has 1 atom stereocenters. The normalized spacial score (nSPS) is 12.7. The third kappa shape index (κ3) is 5.49. The van der Waals surface area contributed by atoms with Crippen molar-refractivity contribution in [3.8, 4) is 0 Å². The summed E-state index contributed by atoms with van der Waals surface area (Å²) in [5.41, 5.74) is 0. The molecule has 10 heavy (non-hydrogen) atoms. The lowest BCUT2D eigenvalue weighted by Crippen LogP contribution is -2.22. The molecule has 0 fully saturated rings. The van der Waals surface area contributed by atoms with Crippen molar-refractivity contribution in [2.75, 3.05) is 13.2 Å². The predicted octanol–water partition coefficient (Wildman–Crippen LogP) is -0.600. The first kappa shape index (κ1) is 9.35. The molecule has 1 unspecified atom stereocenters. The summed E-state index contributed by atoms with van der Waals surface area (Å²) in [5.74, 6) is -0.475. The maximum atomic E-state index is 10.1. The first-order valence-electron chi connectivity index (χ1n) is 2.74. The number of carbonyl (C=O) groups excluding carboxylic acids is 1. The number of esters is 1. The maximum absolute atomic E-state index is 10.1. The summed E-state index contributed by atoms with van der Waals surface area (Å²) in [6.45, 7) is 0.815. The van der Waals surface area contributed by atoms with Gasteiger partial charge in [0.05, 0.1) is 0 Å². The SMILES string of the molecule is CC(=O)OCC(O)COO. The molecule has 0 aliphatic carbocycles. The van der Waals surface area contributed by atoms with Gasteiger partial charge in [-0.3, -0.25) is 10.1 Å². The van der Waals surface area contributed by atoms with Crippen molar-refractivity contribution in [1.29, 1.82) is 0 Å². The Labute approximate surface area is 58.1 Å². The lowest BCUT2D eigenvalue weighted by Gasteiger charge is -2.06. The van der Waals surface area contributed by atoms with Gasteiger partial charge in [0.1, 0.15) is 19.3 Å². The number of aliphatic hydroxyl groups is 1. The quantitative estimate of drug-likeness (QED) is 0.318.